The van der Waals surface area contributed by atoms with E-state index >= 15 is 0 Å². The Hall–Kier alpha value is -0.660. The molecule has 1 aromatic heterocycles. The summed E-state index contributed by atoms with van der Waals surface area (Å²) < 4.78 is 22.0. The molecule has 8 heteroatoms. The topological polar surface area (TPSA) is 67.3 Å². The highest BCUT2D eigenvalue weighted by molar-refractivity contribution is 7.90. The Morgan fingerprint density at radius 3 is 2.76 bits per heavy atom. The van der Waals surface area contributed by atoms with Crippen molar-refractivity contribution in [1.29, 1.82) is 0 Å². The van der Waals surface area contributed by atoms with Crippen LogP contribution in [0.15, 0.2) is 5.38 Å². The number of nitrogens with zero attached hydrogens (tertiary/aromatic N) is 2. The normalized spacial score (nSPS) is 11.5. The zero-order chi connectivity index (χ0) is 13.1. The second-order valence-electron chi connectivity index (χ2n) is 3.62. The summed E-state index contributed by atoms with van der Waals surface area (Å²) in [7, 11) is -1.26. The molecule has 0 amide bonds. The fourth-order valence-corrected chi connectivity index (χ4v) is 2.60. The van der Waals surface area contributed by atoms with Crippen LogP contribution in [-0.2, 0) is 9.84 Å². The lowest BCUT2D eigenvalue weighted by Crippen LogP contribution is -2.24. The summed E-state index contributed by atoms with van der Waals surface area (Å²) in [5.74, 6) is -0.274. The predicted molar refractivity (Wildman–Crippen MR) is 70.1 cm³/mol. The number of Topliss-reactive ketones (excluding diaryl/α,β-unsaturated/α-hetero) is 1. The summed E-state index contributed by atoms with van der Waals surface area (Å²) >= 11 is 6.71. The molecule has 0 aliphatic heterocycles. The molecular weight excluding hydrogens is 284 g/mol. The van der Waals surface area contributed by atoms with Crippen LogP contribution in [0.1, 0.15) is 10.5 Å². The van der Waals surface area contributed by atoms with Crippen LogP contribution in [0.25, 0.3) is 0 Å². The van der Waals surface area contributed by atoms with E-state index in [1.807, 2.05) is 0 Å². The van der Waals surface area contributed by atoms with Gasteiger partial charge in [-0.25, -0.2) is 13.4 Å². The number of hydrogen-bond donors (Lipinski definition) is 0. The van der Waals surface area contributed by atoms with Gasteiger partial charge in [-0.15, -0.1) is 22.9 Å². The first kappa shape index (κ1) is 14.4. The molecule has 1 rings (SSSR count). The Morgan fingerprint density at radius 2 is 2.24 bits per heavy atom. The smallest absolute Gasteiger partial charge is 0.196 e. The number of hydrogen-bond acceptors (Lipinski definition) is 6. The number of ketones is 1. The Bertz CT molecular complexity index is 498. The molecule has 0 atom stereocenters. The van der Waals surface area contributed by atoms with Gasteiger partial charge in [0.15, 0.2) is 10.9 Å². The molecule has 0 bridgehead atoms. The molecule has 0 saturated carbocycles. The maximum atomic E-state index is 11.3. The third-order valence-electron chi connectivity index (χ3n) is 2.02. The highest BCUT2D eigenvalue weighted by Crippen LogP contribution is 2.19. The Balaban J connectivity index is 2.67. The fourth-order valence-electron chi connectivity index (χ4n) is 1.03. The average Bonchev–Trinajstić information content (AvgIpc) is 2.73. The van der Waals surface area contributed by atoms with Gasteiger partial charge in [0.05, 0.1) is 11.6 Å². The maximum absolute atomic E-state index is 11.3. The molecule has 0 aliphatic rings. The van der Waals surface area contributed by atoms with Crippen molar-refractivity contribution in [2.45, 2.75) is 0 Å². The maximum Gasteiger partial charge on any atom is 0.196 e. The summed E-state index contributed by atoms with van der Waals surface area (Å²) in [4.78, 5) is 17.1. The first-order valence-corrected chi connectivity index (χ1v) is 8.24. The molecule has 0 N–H and O–H groups in total. The minimum Gasteiger partial charge on any atom is -0.350 e. The van der Waals surface area contributed by atoms with Crippen molar-refractivity contribution in [2.24, 2.45) is 0 Å². The number of halogens is 1. The fraction of sp³-hybridized carbons (Fsp3) is 0.556. The van der Waals surface area contributed by atoms with Gasteiger partial charge >= 0.3 is 0 Å². The summed E-state index contributed by atoms with van der Waals surface area (Å²) in [6, 6.07) is 0. The number of anilines is 1. The Kier molecular flexibility index (Phi) is 4.91. The number of aromatic nitrogens is 1. The molecule has 0 aliphatic carbocycles. The zero-order valence-electron chi connectivity index (χ0n) is 9.51. The molecule has 0 saturated heterocycles. The molecule has 0 aromatic carbocycles. The van der Waals surface area contributed by atoms with Gasteiger partial charge in [-0.1, -0.05) is 0 Å². The van der Waals surface area contributed by atoms with Gasteiger partial charge in [0.1, 0.15) is 15.5 Å². The van der Waals surface area contributed by atoms with E-state index in [4.69, 9.17) is 11.6 Å². The number of carbonyl (C=O) groups is 1. The minimum absolute atomic E-state index is 0.0574. The number of sulfone groups is 1. The van der Waals surface area contributed by atoms with Gasteiger partial charge < -0.3 is 4.90 Å². The third-order valence-corrected chi connectivity index (χ3v) is 4.14. The first-order valence-electron chi connectivity index (χ1n) is 4.77. The minimum atomic E-state index is -2.99. The molecule has 0 unspecified atom stereocenters. The highest BCUT2D eigenvalue weighted by Gasteiger charge is 2.13. The number of rotatable bonds is 6. The van der Waals surface area contributed by atoms with E-state index in [9.17, 15) is 13.2 Å². The molecule has 17 heavy (non-hydrogen) atoms. The van der Waals surface area contributed by atoms with Crippen LogP contribution >= 0.6 is 22.9 Å². The van der Waals surface area contributed by atoms with Crippen molar-refractivity contribution < 1.29 is 13.2 Å². The molecule has 0 radical (unpaired) electrons. The average molecular weight is 297 g/mol. The molecule has 5 nitrogen and oxygen atoms in total. The molecular formula is C9H13ClN2O3S2. The summed E-state index contributed by atoms with van der Waals surface area (Å²) in [6.07, 6.45) is 1.19. The van der Waals surface area contributed by atoms with E-state index in [1.54, 1.807) is 17.3 Å². The van der Waals surface area contributed by atoms with Crippen molar-refractivity contribution in [3.8, 4) is 0 Å². The van der Waals surface area contributed by atoms with Gasteiger partial charge in [-0.2, -0.15) is 0 Å². The van der Waals surface area contributed by atoms with E-state index in [-0.39, 0.29) is 17.4 Å². The number of carbonyl (C=O) groups excluding carboxylic acids is 1. The highest BCUT2D eigenvalue weighted by atomic mass is 35.5. The quantitative estimate of drug-likeness (QED) is 0.580. The van der Waals surface area contributed by atoms with E-state index in [2.05, 4.69) is 4.98 Å². The Labute approximate surface area is 109 Å². The van der Waals surface area contributed by atoms with Crippen molar-refractivity contribution in [1.82, 2.24) is 4.98 Å². The van der Waals surface area contributed by atoms with Crippen LogP contribution in [0.2, 0.25) is 0 Å². The summed E-state index contributed by atoms with van der Waals surface area (Å²) in [5.41, 5.74) is 0.325. The van der Waals surface area contributed by atoms with Gasteiger partial charge in [-0.05, 0) is 0 Å². The third kappa shape index (κ3) is 4.61. The lowest BCUT2D eigenvalue weighted by molar-refractivity contribution is 0.101. The first-order chi connectivity index (χ1) is 7.83. The van der Waals surface area contributed by atoms with Crippen LogP contribution in [0.3, 0.4) is 0 Å². The number of alkyl halides is 1. The van der Waals surface area contributed by atoms with Crippen molar-refractivity contribution >= 4 is 43.7 Å². The van der Waals surface area contributed by atoms with E-state index < -0.39 is 9.84 Å². The van der Waals surface area contributed by atoms with Crippen LogP contribution in [0.5, 0.6) is 0 Å². The zero-order valence-corrected chi connectivity index (χ0v) is 11.9. The van der Waals surface area contributed by atoms with Crippen LogP contribution in [0.4, 0.5) is 5.13 Å². The lowest BCUT2D eigenvalue weighted by Gasteiger charge is -2.14. The largest absolute Gasteiger partial charge is 0.350 e. The van der Waals surface area contributed by atoms with E-state index in [0.29, 0.717) is 17.4 Å². The van der Waals surface area contributed by atoms with Crippen LogP contribution < -0.4 is 4.90 Å². The SMILES string of the molecule is CN(CCS(C)(=O)=O)c1nc(C(=O)CCl)cs1. The van der Waals surface area contributed by atoms with Crippen molar-refractivity contribution in [2.75, 3.05) is 36.4 Å². The predicted octanol–water partition coefficient (Wildman–Crippen LogP) is 1.05. The molecule has 0 fully saturated rings. The summed E-state index contributed by atoms with van der Waals surface area (Å²) in [5, 5.41) is 2.24. The van der Waals surface area contributed by atoms with Gasteiger partial charge in [0, 0.05) is 25.2 Å². The van der Waals surface area contributed by atoms with Gasteiger partial charge in [-0.3, -0.25) is 4.79 Å². The monoisotopic (exact) mass is 296 g/mol. The standard InChI is InChI=1S/C9H13ClN2O3S2/c1-12(3-4-17(2,14)15)9-11-7(6-16-9)8(13)5-10/h6H,3-5H2,1-2H3. The molecule has 96 valence electrons. The van der Waals surface area contributed by atoms with Crippen LogP contribution in [0, 0.1) is 0 Å². The van der Waals surface area contributed by atoms with E-state index in [1.165, 1.54) is 17.6 Å². The van der Waals surface area contributed by atoms with Gasteiger partial charge in [0.2, 0.25) is 0 Å². The van der Waals surface area contributed by atoms with E-state index in [0.717, 1.165) is 0 Å². The van der Waals surface area contributed by atoms with Crippen molar-refractivity contribution in [3.05, 3.63) is 11.1 Å². The molecule has 1 aromatic rings. The lowest BCUT2D eigenvalue weighted by atomic mass is 10.3. The number of thiazole rings is 1. The second-order valence-corrected chi connectivity index (χ2v) is 6.99. The van der Waals surface area contributed by atoms with Crippen molar-refractivity contribution in [3.63, 3.8) is 0 Å². The molecule has 1 heterocycles. The Morgan fingerprint density at radius 1 is 1.59 bits per heavy atom. The van der Waals surface area contributed by atoms with Gasteiger partial charge in [0.25, 0.3) is 0 Å². The molecule has 0 spiro atoms. The summed E-state index contributed by atoms with van der Waals surface area (Å²) in [6.45, 7) is 0.348. The van der Waals surface area contributed by atoms with Crippen LogP contribution in [-0.4, -0.2) is 50.7 Å². The second kappa shape index (κ2) is 5.79.